The molecule has 0 amide bonds. The Morgan fingerprint density at radius 1 is 1.10 bits per heavy atom. The van der Waals surface area contributed by atoms with E-state index in [9.17, 15) is 13.2 Å². The SMILES string of the molecule is Cc1c([C@@H](C)Nc2nnc(CN(C)C)c3ccc(Br)cc23)cccc1C(F)(F)F. The fraction of sp³-hybridized carbons (Fsp3) is 0.333. The highest BCUT2D eigenvalue weighted by atomic mass is 79.9. The number of aromatic nitrogens is 2. The van der Waals surface area contributed by atoms with E-state index in [2.05, 4.69) is 31.4 Å². The van der Waals surface area contributed by atoms with Gasteiger partial charge in [0.25, 0.3) is 0 Å². The molecule has 0 fully saturated rings. The Morgan fingerprint density at radius 3 is 2.48 bits per heavy atom. The maximum absolute atomic E-state index is 13.3. The molecule has 0 aliphatic carbocycles. The average Bonchev–Trinajstić information content (AvgIpc) is 2.62. The Bertz CT molecular complexity index is 1030. The van der Waals surface area contributed by atoms with Crippen LogP contribution in [0.3, 0.4) is 0 Å². The van der Waals surface area contributed by atoms with Crippen molar-refractivity contribution in [2.45, 2.75) is 32.6 Å². The summed E-state index contributed by atoms with van der Waals surface area (Å²) in [7, 11) is 3.91. The second kappa shape index (κ2) is 8.28. The minimum Gasteiger partial charge on any atom is -0.362 e. The number of alkyl halides is 3. The molecule has 1 aromatic heterocycles. The van der Waals surface area contributed by atoms with Gasteiger partial charge in [-0.2, -0.15) is 18.3 Å². The fourth-order valence-corrected chi connectivity index (χ4v) is 3.78. The van der Waals surface area contributed by atoms with Gasteiger partial charge < -0.3 is 10.2 Å². The smallest absolute Gasteiger partial charge is 0.362 e. The highest BCUT2D eigenvalue weighted by Crippen LogP contribution is 2.36. The lowest BCUT2D eigenvalue weighted by molar-refractivity contribution is -0.138. The maximum Gasteiger partial charge on any atom is 0.416 e. The number of rotatable bonds is 5. The number of hydrogen-bond acceptors (Lipinski definition) is 4. The second-order valence-electron chi connectivity index (χ2n) is 7.31. The molecule has 0 spiro atoms. The summed E-state index contributed by atoms with van der Waals surface area (Å²) in [6.45, 7) is 3.95. The first-order chi connectivity index (χ1) is 13.6. The van der Waals surface area contributed by atoms with Crippen LogP contribution < -0.4 is 5.32 Å². The van der Waals surface area contributed by atoms with Gasteiger partial charge in [-0.05, 0) is 57.3 Å². The van der Waals surface area contributed by atoms with Gasteiger partial charge in [0.2, 0.25) is 0 Å². The molecule has 0 radical (unpaired) electrons. The topological polar surface area (TPSA) is 41.1 Å². The summed E-state index contributed by atoms with van der Waals surface area (Å²) in [5.41, 5.74) is 0.999. The molecular weight excluding hydrogens is 445 g/mol. The number of hydrogen-bond donors (Lipinski definition) is 1. The minimum absolute atomic E-state index is 0.211. The van der Waals surface area contributed by atoms with Crippen LogP contribution in [-0.2, 0) is 12.7 Å². The van der Waals surface area contributed by atoms with E-state index in [4.69, 9.17) is 0 Å². The molecule has 0 aliphatic heterocycles. The van der Waals surface area contributed by atoms with Crippen LogP contribution in [0.4, 0.5) is 19.0 Å². The Balaban J connectivity index is 2.02. The molecule has 0 unspecified atom stereocenters. The van der Waals surface area contributed by atoms with Gasteiger partial charge in [-0.15, -0.1) is 5.10 Å². The monoisotopic (exact) mass is 466 g/mol. The second-order valence-corrected chi connectivity index (χ2v) is 8.22. The average molecular weight is 467 g/mol. The molecule has 2 aromatic carbocycles. The predicted octanol–water partition coefficient (Wildman–Crippen LogP) is 5.95. The third-order valence-electron chi connectivity index (χ3n) is 4.79. The molecule has 8 heteroatoms. The fourth-order valence-electron chi connectivity index (χ4n) is 3.42. The Morgan fingerprint density at radius 2 is 1.83 bits per heavy atom. The van der Waals surface area contributed by atoms with E-state index in [-0.39, 0.29) is 11.6 Å². The highest BCUT2D eigenvalue weighted by molar-refractivity contribution is 9.10. The molecule has 0 aliphatic rings. The Kier molecular flexibility index (Phi) is 6.14. The molecule has 1 N–H and O–H groups in total. The van der Waals surface area contributed by atoms with Crippen molar-refractivity contribution in [1.29, 1.82) is 0 Å². The number of halogens is 4. The highest BCUT2D eigenvalue weighted by Gasteiger charge is 2.33. The van der Waals surface area contributed by atoms with Crippen molar-refractivity contribution in [3.8, 4) is 0 Å². The lowest BCUT2D eigenvalue weighted by Gasteiger charge is -2.21. The van der Waals surface area contributed by atoms with E-state index in [1.807, 2.05) is 44.1 Å². The third kappa shape index (κ3) is 4.70. The molecule has 29 heavy (non-hydrogen) atoms. The van der Waals surface area contributed by atoms with Crippen molar-refractivity contribution in [3.05, 3.63) is 63.3 Å². The number of anilines is 1. The predicted molar refractivity (Wildman–Crippen MR) is 113 cm³/mol. The molecule has 1 heterocycles. The number of nitrogens with zero attached hydrogens (tertiary/aromatic N) is 3. The van der Waals surface area contributed by atoms with Gasteiger partial charge in [0, 0.05) is 21.8 Å². The van der Waals surface area contributed by atoms with Crippen molar-refractivity contribution in [1.82, 2.24) is 15.1 Å². The van der Waals surface area contributed by atoms with Crippen LogP contribution in [0.15, 0.2) is 40.9 Å². The van der Waals surface area contributed by atoms with Crippen molar-refractivity contribution >= 4 is 32.5 Å². The molecule has 0 saturated heterocycles. The Hall–Kier alpha value is -2.19. The van der Waals surface area contributed by atoms with E-state index in [1.165, 1.54) is 13.0 Å². The molecule has 0 bridgehead atoms. The summed E-state index contributed by atoms with van der Waals surface area (Å²) in [4.78, 5) is 2.01. The van der Waals surface area contributed by atoms with Crippen LogP contribution in [0, 0.1) is 6.92 Å². The summed E-state index contributed by atoms with van der Waals surface area (Å²) < 4.78 is 40.7. The first-order valence-corrected chi connectivity index (χ1v) is 9.90. The van der Waals surface area contributed by atoms with Gasteiger partial charge in [-0.1, -0.05) is 34.1 Å². The maximum atomic E-state index is 13.3. The number of benzene rings is 2. The van der Waals surface area contributed by atoms with Crippen molar-refractivity contribution in [3.63, 3.8) is 0 Å². The van der Waals surface area contributed by atoms with Crippen LogP contribution >= 0.6 is 15.9 Å². The quantitative estimate of drug-likeness (QED) is 0.503. The van der Waals surface area contributed by atoms with Gasteiger partial charge in [-0.3, -0.25) is 0 Å². The molecule has 1 atom stereocenters. The zero-order valence-electron chi connectivity index (χ0n) is 16.6. The van der Waals surface area contributed by atoms with Crippen LogP contribution in [0.5, 0.6) is 0 Å². The van der Waals surface area contributed by atoms with Crippen LogP contribution in [0.2, 0.25) is 0 Å². The lowest BCUT2D eigenvalue weighted by atomic mass is 9.97. The number of nitrogens with one attached hydrogen (secondary N) is 1. The first-order valence-electron chi connectivity index (χ1n) is 9.10. The van der Waals surface area contributed by atoms with E-state index in [1.54, 1.807) is 6.07 Å². The van der Waals surface area contributed by atoms with Gasteiger partial charge in [0.1, 0.15) is 0 Å². The van der Waals surface area contributed by atoms with Gasteiger partial charge >= 0.3 is 6.18 Å². The van der Waals surface area contributed by atoms with E-state index >= 15 is 0 Å². The zero-order valence-corrected chi connectivity index (χ0v) is 18.2. The molecule has 3 aromatic rings. The van der Waals surface area contributed by atoms with Crippen LogP contribution in [-0.4, -0.2) is 29.2 Å². The Labute approximate surface area is 176 Å². The summed E-state index contributed by atoms with van der Waals surface area (Å²) >= 11 is 3.48. The summed E-state index contributed by atoms with van der Waals surface area (Å²) in [6, 6.07) is 9.71. The van der Waals surface area contributed by atoms with Crippen LogP contribution in [0.25, 0.3) is 10.8 Å². The van der Waals surface area contributed by atoms with E-state index in [0.29, 0.717) is 17.9 Å². The first kappa shape index (κ1) is 21.5. The standard InChI is InChI=1S/C21H22BrF3N4/c1-12-15(6-5-7-18(12)21(23,24)25)13(2)26-20-17-10-14(22)8-9-16(17)19(27-28-20)11-29(3)4/h5-10,13H,11H2,1-4H3,(H,26,28)/t13-/m1/s1. The van der Waals surface area contributed by atoms with E-state index < -0.39 is 11.7 Å². The normalized spacial score (nSPS) is 13.1. The molecule has 3 rings (SSSR count). The third-order valence-corrected chi connectivity index (χ3v) is 5.28. The van der Waals surface area contributed by atoms with Crippen molar-refractivity contribution < 1.29 is 13.2 Å². The summed E-state index contributed by atoms with van der Waals surface area (Å²) in [5, 5.41) is 13.8. The largest absolute Gasteiger partial charge is 0.416 e. The molecular formula is C21H22BrF3N4. The van der Waals surface area contributed by atoms with Crippen LogP contribution in [0.1, 0.15) is 35.3 Å². The summed E-state index contributed by atoms with van der Waals surface area (Å²) in [5.74, 6) is 0.535. The van der Waals surface area contributed by atoms with Gasteiger partial charge in [0.05, 0.1) is 17.3 Å². The zero-order chi connectivity index (χ0) is 21.3. The van der Waals surface area contributed by atoms with E-state index in [0.717, 1.165) is 27.0 Å². The van der Waals surface area contributed by atoms with Crippen molar-refractivity contribution in [2.75, 3.05) is 19.4 Å². The minimum atomic E-state index is -4.38. The van der Waals surface area contributed by atoms with Gasteiger partial charge in [-0.25, -0.2) is 0 Å². The molecule has 4 nitrogen and oxygen atoms in total. The molecule has 0 saturated carbocycles. The number of fused-ring (bicyclic) bond motifs is 1. The van der Waals surface area contributed by atoms with Gasteiger partial charge in [0.15, 0.2) is 5.82 Å². The lowest BCUT2D eigenvalue weighted by Crippen LogP contribution is -2.16. The summed E-state index contributed by atoms with van der Waals surface area (Å²) in [6.07, 6.45) is -4.38. The molecule has 154 valence electrons. The van der Waals surface area contributed by atoms with Crippen molar-refractivity contribution in [2.24, 2.45) is 0 Å².